The Hall–Kier alpha value is -0.160. The van der Waals surface area contributed by atoms with Gasteiger partial charge in [0.1, 0.15) is 0 Å². The molecule has 0 aromatic carbocycles. The van der Waals surface area contributed by atoms with Gasteiger partial charge in [0.15, 0.2) is 0 Å². The van der Waals surface area contributed by atoms with Crippen LogP contribution in [0.3, 0.4) is 0 Å². The zero-order valence-electron chi connectivity index (χ0n) is 12.6. The summed E-state index contributed by atoms with van der Waals surface area (Å²) in [5.41, 5.74) is -0.0900. The van der Waals surface area contributed by atoms with E-state index < -0.39 is 0 Å². The molecule has 19 heavy (non-hydrogen) atoms. The summed E-state index contributed by atoms with van der Waals surface area (Å²) in [6, 6.07) is 0.773. The molecule has 0 radical (unpaired) electrons. The fourth-order valence-electron chi connectivity index (χ4n) is 2.27. The molecule has 2 unspecified atom stereocenters. The van der Waals surface area contributed by atoms with E-state index in [-0.39, 0.29) is 11.7 Å². The van der Waals surface area contributed by atoms with Crippen LogP contribution >= 0.6 is 0 Å². The lowest BCUT2D eigenvalue weighted by Crippen LogP contribution is -2.29. The van der Waals surface area contributed by atoms with Crippen molar-refractivity contribution in [2.45, 2.75) is 69.8 Å². The summed E-state index contributed by atoms with van der Waals surface area (Å²) in [5.74, 6) is 0. The first-order valence-corrected chi connectivity index (χ1v) is 7.61. The van der Waals surface area contributed by atoms with Gasteiger partial charge >= 0.3 is 0 Å². The fraction of sp³-hybridized carbons (Fsp3) is 1.00. The lowest BCUT2D eigenvalue weighted by atomic mass is 10.1. The standard InChI is InChI=1S/C15H29NO3/c1-15(2,17-3)8-9-18-11-14-7-6-13(19-14)10-16-12-4-5-12/h12-14,16H,4-11H2,1-3H3. The van der Waals surface area contributed by atoms with Crippen molar-refractivity contribution in [1.29, 1.82) is 0 Å². The van der Waals surface area contributed by atoms with Crippen molar-refractivity contribution in [3.63, 3.8) is 0 Å². The van der Waals surface area contributed by atoms with Crippen molar-refractivity contribution in [3.05, 3.63) is 0 Å². The minimum atomic E-state index is -0.0900. The number of rotatable bonds is 9. The zero-order chi connectivity index (χ0) is 13.7. The molecule has 1 saturated carbocycles. The van der Waals surface area contributed by atoms with Gasteiger partial charge in [-0.3, -0.25) is 0 Å². The molecule has 4 heteroatoms. The summed E-state index contributed by atoms with van der Waals surface area (Å²) in [6.07, 6.45) is 6.58. The van der Waals surface area contributed by atoms with E-state index in [4.69, 9.17) is 14.2 Å². The van der Waals surface area contributed by atoms with Crippen LogP contribution in [0.25, 0.3) is 0 Å². The van der Waals surface area contributed by atoms with Crippen LogP contribution in [-0.4, -0.2) is 50.7 Å². The Kier molecular flexibility index (Phi) is 5.63. The lowest BCUT2D eigenvalue weighted by Gasteiger charge is -2.23. The number of methoxy groups -OCH3 is 1. The summed E-state index contributed by atoms with van der Waals surface area (Å²) in [7, 11) is 1.75. The van der Waals surface area contributed by atoms with Crippen molar-refractivity contribution in [1.82, 2.24) is 5.32 Å². The number of hydrogen-bond donors (Lipinski definition) is 1. The topological polar surface area (TPSA) is 39.7 Å². The third-order valence-electron chi connectivity index (χ3n) is 4.11. The summed E-state index contributed by atoms with van der Waals surface area (Å²) in [6.45, 7) is 6.65. The smallest absolute Gasteiger partial charge is 0.0813 e. The lowest BCUT2D eigenvalue weighted by molar-refractivity contribution is -0.0402. The van der Waals surface area contributed by atoms with Gasteiger partial charge < -0.3 is 19.5 Å². The zero-order valence-corrected chi connectivity index (χ0v) is 12.6. The molecule has 1 heterocycles. The maximum Gasteiger partial charge on any atom is 0.0813 e. The van der Waals surface area contributed by atoms with E-state index in [2.05, 4.69) is 19.2 Å². The molecule has 2 rings (SSSR count). The van der Waals surface area contributed by atoms with Crippen LogP contribution in [0, 0.1) is 0 Å². The first kappa shape index (κ1) is 15.2. The Morgan fingerprint density at radius 2 is 1.89 bits per heavy atom. The molecule has 0 spiro atoms. The molecular formula is C15H29NO3. The molecule has 2 fully saturated rings. The molecule has 1 aliphatic heterocycles. The largest absolute Gasteiger partial charge is 0.379 e. The number of nitrogens with one attached hydrogen (secondary N) is 1. The molecule has 2 atom stereocenters. The third-order valence-corrected chi connectivity index (χ3v) is 4.11. The summed E-state index contributed by atoms with van der Waals surface area (Å²) in [5, 5.41) is 3.53. The van der Waals surface area contributed by atoms with Crippen LogP contribution in [0.4, 0.5) is 0 Å². The maximum absolute atomic E-state index is 5.98. The van der Waals surface area contributed by atoms with E-state index in [1.165, 1.54) is 12.8 Å². The highest BCUT2D eigenvalue weighted by Gasteiger charge is 2.28. The average Bonchev–Trinajstić information content (AvgIpc) is 3.11. The fourth-order valence-corrected chi connectivity index (χ4v) is 2.27. The van der Waals surface area contributed by atoms with Crippen molar-refractivity contribution in [3.8, 4) is 0 Å². The van der Waals surface area contributed by atoms with Gasteiger partial charge in [0.05, 0.1) is 24.4 Å². The van der Waals surface area contributed by atoms with Crippen molar-refractivity contribution < 1.29 is 14.2 Å². The van der Waals surface area contributed by atoms with Crippen LogP contribution in [0.1, 0.15) is 46.0 Å². The van der Waals surface area contributed by atoms with E-state index >= 15 is 0 Å². The highest BCUT2D eigenvalue weighted by molar-refractivity contribution is 4.84. The van der Waals surface area contributed by atoms with Crippen molar-refractivity contribution >= 4 is 0 Å². The average molecular weight is 271 g/mol. The van der Waals surface area contributed by atoms with E-state index in [9.17, 15) is 0 Å². The first-order chi connectivity index (χ1) is 9.09. The molecule has 1 aliphatic carbocycles. The summed E-state index contributed by atoms with van der Waals surface area (Å²) < 4.78 is 17.1. The molecule has 1 N–H and O–H groups in total. The molecule has 2 aliphatic rings. The molecule has 0 aromatic heterocycles. The highest BCUT2D eigenvalue weighted by Crippen LogP contribution is 2.23. The Morgan fingerprint density at radius 1 is 1.16 bits per heavy atom. The predicted octanol–water partition coefficient (Wildman–Crippen LogP) is 2.12. The Balaban J connectivity index is 1.50. The van der Waals surface area contributed by atoms with E-state index in [0.29, 0.717) is 6.10 Å². The van der Waals surface area contributed by atoms with Crippen LogP contribution in [0.2, 0.25) is 0 Å². The van der Waals surface area contributed by atoms with Gasteiger partial charge in [0.25, 0.3) is 0 Å². The second-order valence-corrected chi connectivity index (χ2v) is 6.43. The van der Waals surface area contributed by atoms with E-state index in [1.54, 1.807) is 7.11 Å². The van der Waals surface area contributed by atoms with Gasteiger partial charge in [-0.05, 0) is 46.0 Å². The molecule has 1 saturated heterocycles. The van der Waals surface area contributed by atoms with E-state index in [0.717, 1.165) is 45.1 Å². The van der Waals surface area contributed by atoms with Crippen LogP contribution < -0.4 is 5.32 Å². The Bertz CT molecular complexity index is 266. The van der Waals surface area contributed by atoms with Crippen molar-refractivity contribution in [2.75, 3.05) is 26.9 Å². The highest BCUT2D eigenvalue weighted by atomic mass is 16.5. The SMILES string of the molecule is COC(C)(C)CCOCC1CCC(CNC2CC2)O1. The van der Waals surface area contributed by atoms with Gasteiger partial charge in [-0.2, -0.15) is 0 Å². The molecule has 112 valence electrons. The molecule has 0 amide bonds. The minimum absolute atomic E-state index is 0.0900. The third kappa shape index (κ3) is 5.78. The second kappa shape index (κ2) is 7.02. The minimum Gasteiger partial charge on any atom is -0.379 e. The summed E-state index contributed by atoms with van der Waals surface area (Å²) in [4.78, 5) is 0. The number of hydrogen-bond acceptors (Lipinski definition) is 4. The van der Waals surface area contributed by atoms with Gasteiger partial charge in [0, 0.05) is 26.3 Å². The normalized spacial score (nSPS) is 27.9. The van der Waals surface area contributed by atoms with Crippen LogP contribution in [0.15, 0.2) is 0 Å². The van der Waals surface area contributed by atoms with Gasteiger partial charge in [-0.15, -0.1) is 0 Å². The Morgan fingerprint density at radius 3 is 2.58 bits per heavy atom. The molecule has 0 aromatic rings. The Labute approximate surface area is 117 Å². The predicted molar refractivity (Wildman–Crippen MR) is 75.4 cm³/mol. The monoisotopic (exact) mass is 271 g/mol. The summed E-state index contributed by atoms with van der Waals surface area (Å²) >= 11 is 0. The quantitative estimate of drug-likeness (QED) is 0.652. The maximum atomic E-state index is 5.98. The van der Waals surface area contributed by atoms with E-state index in [1.807, 2.05) is 0 Å². The second-order valence-electron chi connectivity index (χ2n) is 6.43. The van der Waals surface area contributed by atoms with Gasteiger partial charge in [-0.25, -0.2) is 0 Å². The molecule has 0 bridgehead atoms. The van der Waals surface area contributed by atoms with Crippen LogP contribution in [0.5, 0.6) is 0 Å². The van der Waals surface area contributed by atoms with Gasteiger partial charge in [0.2, 0.25) is 0 Å². The molecular weight excluding hydrogens is 242 g/mol. The molecule has 4 nitrogen and oxygen atoms in total. The van der Waals surface area contributed by atoms with Gasteiger partial charge in [-0.1, -0.05) is 0 Å². The van der Waals surface area contributed by atoms with Crippen LogP contribution in [-0.2, 0) is 14.2 Å². The first-order valence-electron chi connectivity index (χ1n) is 7.61. The number of ether oxygens (including phenoxy) is 3. The van der Waals surface area contributed by atoms with Crippen molar-refractivity contribution in [2.24, 2.45) is 0 Å².